The van der Waals surface area contributed by atoms with Crippen LogP contribution in [0.3, 0.4) is 0 Å². The van der Waals surface area contributed by atoms with E-state index in [2.05, 4.69) is 49.4 Å². The van der Waals surface area contributed by atoms with Crippen molar-refractivity contribution < 1.29 is 23.0 Å². The molecule has 160 valence electrons. The number of phenols is 1. The number of benzene rings is 1. The van der Waals surface area contributed by atoms with Gasteiger partial charge in [0.15, 0.2) is 21.3 Å². The van der Waals surface area contributed by atoms with Crippen LogP contribution in [0.1, 0.15) is 45.6 Å². The molecular formula is C22H29IO5S. The van der Waals surface area contributed by atoms with Crippen LogP contribution >= 0.6 is 22.6 Å². The number of rotatable bonds is 7. The van der Waals surface area contributed by atoms with E-state index in [1.807, 2.05) is 12.1 Å². The zero-order valence-corrected chi connectivity index (χ0v) is 20.3. The quantitative estimate of drug-likeness (QED) is 0.406. The Morgan fingerprint density at radius 2 is 2.14 bits per heavy atom. The van der Waals surface area contributed by atoms with Crippen molar-refractivity contribution in [2.75, 3.05) is 19.5 Å². The predicted molar refractivity (Wildman–Crippen MR) is 124 cm³/mol. The number of ether oxygens (including phenoxy) is 2. The molecule has 2 atom stereocenters. The number of allylic oxidation sites excluding steroid dienone is 1. The van der Waals surface area contributed by atoms with Crippen LogP contribution in [0.15, 0.2) is 28.9 Å². The van der Waals surface area contributed by atoms with Gasteiger partial charge in [0.05, 0.1) is 29.1 Å². The first kappa shape index (κ1) is 22.6. The van der Waals surface area contributed by atoms with Crippen molar-refractivity contribution in [2.45, 2.75) is 51.4 Å². The highest BCUT2D eigenvalue weighted by Crippen LogP contribution is 2.41. The van der Waals surface area contributed by atoms with Crippen molar-refractivity contribution in [1.82, 2.24) is 0 Å². The van der Waals surface area contributed by atoms with Crippen LogP contribution in [0.2, 0.25) is 0 Å². The van der Waals surface area contributed by atoms with Gasteiger partial charge in [-0.3, -0.25) is 0 Å². The Morgan fingerprint density at radius 3 is 2.76 bits per heavy atom. The third-order valence-electron chi connectivity index (χ3n) is 5.82. The van der Waals surface area contributed by atoms with Gasteiger partial charge in [0.1, 0.15) is 5.25 Å². The molecule has 0 aliphatic carbocycles. The predicted octanol–water partition coefficient (Wildman–Crippen LogP) is 4.73. The van der Waals surface area contributed by atoms with E-state index in [0.717, 1.165) is 39.5 Å². The van der Waals surface area contributed by atoms with E-state index in [9.17, 15) is 13.5 Å². The van der Waals surface area contributed by atoms with Gasteiger partial charge in [0.25, 0.3) is 0 Å². The van der Waals surface area contributed by atoms with Crippen LogP contribution in [0.5, 0.6) is 11.5 Å². The first-order valence-electron chi connectivity index (χ1n) is 9.99. The number of sulfone groups is 1. The maximum Gasteiger partial charge on any atom is 0.171 e. The van der Waals surface area contributed by atoms with Gasteiger partial charge in [-0.1, -0.05) is 32.4 Å². The highest BCUT2D eigenvalue weighted by atomic mass is 127. The lowest BCUT2D eigenvalue weighted by Crippen LogP contribution is -2.19. The van der Waals surface area contributed by atoms with E-state index in [1.54, 1.807) is 7.11 Å². The molecular weight excluding hydrogens is 503 g/mol. The number of hydrogen-bond acceptors (Lipinski definition) is 5. The van der Waals surface area contributed by atoms with Crippen molar-refractivity contribution >= 4 is 38.5 Å². The van der Waals surface area contributed by atoms with Gasteiger partial charge < -0.3 is 14.6 Å². The molecule has 1 aromatic rings. The SMILES string of the molecule is CC/C(=C\c1cc(I)c(O)c(OC)c1)CC[C@H]1OC[C@H]2C1=C(C(C)C)CS2(=O)=O. The Hall–Kier alpha value is -1.06. The van der Waals surface area contributed by atoms with Crippen LogP contribution in [0.25, 0.3) is 6.08 Å². The maximum absolute atomic E-state index is 12.5. The molecule has 7 heteroatoms. The van der Waals surface area contributed by atoms with Gasteiger partial charge in [-0.15, -0.1) is 0 Å². The highest BCUT2D eigenvalue weighted by Gasteiger charge is 2.47. The number of halogens is 1. The normalized spacial score (nSPS) is 23.7. The van der Waals surface area contributed by atoms with E-state index in [4.69, 9.17) is 9.47 Å². The molecule has 2 aliphatic heterocycles. The van der Waals surface area contributed by atoms with Gasteiger partial charge in [-0.2, -0.15) is 0 Å². The summed E-state index contributed by atoms with van der Waals surface area (Å²) in [7, 11) is -1.57. The van der Waals surface area contributed by atoms with Crippen molar-refractivity contribution in [3.8, 4) is 11.5 Å². The Kier molecular flexibility index (Phi) is 7.00. The zero-order chi connectivity index (χ0) is 21.3. The number of methoxy groups -OCH3 is 1. The lowest BCUT2D eigenvalue weighted by Gasteiger charge is -2.16. The van der Waals surface area contributed by atoms with E-state index in [1.165, 1.54) is 5.57 Å². The molecule has 1 saturated heterocycles. The second kappa shape index (κ2) is 8.98. The molecule has 2 heterocycles. The van der Waals surface area contributed by atoms with Gasteiger partial charge in [0.2, 0.25) is 0 Å². The van der Waals surface area contributed by atoms with Crippen LogP contribution in [0.4, 0.5) is 0 Å². The summed E-state index contributed by atoms with van der Waals surface area (Å²) in [5.74, 6) is 1.03. The Bertz CT molecular complexity index is 946. The van der Waals surface area contributed by atoms with Crippen LogP contribution < -0.4 is 4.74 Å². The minimum absolute atomic E-state index is 0.112. The van der Waals surface area contributed by atoms with Crippen molar-refractivity contribution in [3.05, 3.63) is 38.0 Å². The average Bonchev–Trinajstić information content (AvgIpc) is 3.20. The minimum atomic E-state index is -3.11. The molecule has 1 N–H and O–H groups in total. The number of aromatic hydroxyl groups is 1. The molecule has 5 nitrogen and oxygen atoms in total. The van der Waals surface area contributed by atoms with E-state index in [0.29, 0.717) is 5.75 Å². The molecule has 29 heavy (non-hydrogen) atoms. The van der Waals surface area contributed by atoms with Crippen LogP contribution in [-0.4, -0.2) is 44.3 Å². The fourth-order valence-corrected chi connectivity index (χ4v) is 6.91. The third-order valence-corrected chi connectivity index (χ3v) is 8.62. The third kappa shape index (κ3) is 4.66. The molecule has 0 unspecified atom stereocenters. The Labute approximate surface area is 187 Å². The first-order chi connectivity index (χ1) is 13.7. The fourth-order valence-electron chi connectivity index (χ4n) is 4.18. The summed E-state index contributed by atoms with van der Waals surface area (Å²) in [6.45, 7) is 6.53. The molecule has 0 bridgehead atoms. The lowest BCUT2D eigenvalue weighted by molar-refractivity contribution is 0.117. The molecule has 1 fully saturated rings. The zero-order valence-electron chi connectivity index (χ0n) is 17.4. The van der Waals surface area contributed by atoms with Crippen molar-refractivity contribution in [3.63, 3.8) is 0 Å². The molecule has 1 aromatic carbocycles. The molecule has 3 rings (SSSR count). The number of fused-ring (bicyclic) bond motifs is 1. The van der Waals surface area contributed by atoms with E-state index in [-0.39, 0.29) is 30.1 Å². The molecule has 0 aromatic heterocycles. The van der Waals surface area contributed by atoms with E-state index >= 15 is 0 Å². The smallest absolute Gasteiger partial charge is 0.171 e. The van der Waals surface area contributed by atoms with Gasteiger partial charge in [0, 0.05) is 0 Å². The second-order valence-corrected chi connectivity index (χ2v) is 11.3. The van der Waals surface area contributed by atoms with Gasteiger partial charge in [-0.05, 0) is 76.6 Å². The largest absolute Gasteiger partial charge is 0.504 e. The summed E-state index contributed by atoms with van der Waals surface area (Å²) < 4.78 is 36.9. The van der Waals surface area contributed by atoms with Gasteiger partial charge >= 0.3 is 0 Å². The number of phenolic OH excluding ortho intramolecular Hbond substituents is 1. The molecule has 0 spiro atoms. The maximum atomic E-state index is 12.5. The summed E-state index contributed by atoms with van der Waals surface area (Å²) in [6.07, 6.45) is 4.52. The van der Waals surface area contributed by atoms with E-state index < -0.39 is 15.1 Å². The molecule has 0 radical (unpaired) electrons. The van der Waals surface area contributed by atoms with Crippen molar-refractivity contribution in [1.29, 1.82) is 0 Å². The Morgan fingerprint density at radius 1 is 1.41 bits per heavy atom. The monoisotopic (exact) mass is 532 g/mol. The topological polar surface area (TPSA) is 72.8 Å². The van der Waals surface area contributed by atoms with Crippen LogP contribution in [-0.2, 0) is 14.6 Å². The summed E-state index contributed by atoms with van der Waals surface area (Å²) in [4.78, 5) is 0. The minimum Gasteiger partial charge on any atom is -0.504 e. The second-order valence-electron chi connectivity index (χ2n) is 8.00. The first-order valence-corrected chi connectivity index (χ1v) is 12.8. The van der Waals surface area contributed by atoms with Crippen LogP contribution in [0, 0.1) is 9.49 Å². The van der Waals surface area contributed by atoms with Crippen molar-refractivity contribution in [2.24, 2.45) is 5.92 Å². The number of hydrogen-bond donors (Lipinski definition) is 1. The summed E-state index contributed by atoms with van der Waals surface area (Å²) in [5, 5.41) is 9.59. The average molecular weight is 532 g/mol. The van der Waals surface area contributed by atoms with Gasteiger partial charge in [-0.25, -0.2) is 8.42 Å². The summed E-state index contributed by atoms with van der Waals surface area (Å²) in [5.41, 5.74) is 4.32. The summed E-state index contributed by atoms with van der Waals surface area (Å²) in [6, 6.07) is 3.76. The molecule has 2 aliphatic rings. The molecule has 0 amide bonds. The Balaban J connectivity index is 1.79. The highest BCUT2D eigenvalue weighted by molar-refractivity contribution is 14.1. The standard InChI is InChI=1S/C22H29IO5S/c1-5-14(8-15-9-17(23)22(24)19(10-15)27-4)6-7-18-21-16(13(2)3)12-29(25,26)20(21)11-28-18/h8-10,13,18,20,24H,5-7,11-12H2,1-4H3/b14-8+/t18-,20+/m1/s1. The fraction of sp³-hybridized carbons (Fsp3) is 0.545. The molecule has 0 saturated carbocycles. The lowest BCUT2D eigenvalue weighted by atomic mass is 9.91. The summed E-state index contributed by atoms with van der Waals surface area (Å²) >= 11 is 2.10.